The van der Waals surface area contributed by atoms with Crippen LogP contribution in [0.5, 0.6) is 0 Å². The van der Waals surface area contributed by atoms with Gasteiger partial charge < -0.3 is 4.90 Å². The molecule has 1 aromatic carbocycles. The summed E-state index contributed by atoms with van der Waals surface area (Å²) in [6.45, 7) is 0.785. The number of tetrazole rings is 1. The molecule has 6 nitrogen and oxygen atoms in total. The number of nitrogens with zero attached hydrogens (tertiary/aromatic N) is 5. The molecule has 24 heavy (non-hydrogen) atoms. The largest absolute Gasteiger partial charge is 0.334 e. The zero-order valence-electron chi connectivity index (χ0n) is 13.1. The normalized spacial score (nSPS) is 13.8. The number of rotatable bonds is 6. The van der Waals surface area contributed by atoms with Crippen molar-refractivity contribution in [3.05, 3.63) is 52.7 Å². The summed E-state index contributed by atoms with van der Waals surface area (Å²) in [6, 6.07) is 12.1. The molecule has 1 aliphatic rings. The van der Waals surface area contributed by atoms with Gasteiger partial charge in [-0.3, -0.25) is 4.79 Å². The van der Waals surface area contributed by atoms with E-state index in [1.165, 1.54) is 10.4 Å². The van der Waals surface area contributed by atoms with Crippen LogP contribution in [0, 0.1) is 0 Å². The molecule has 0 radical (unpaired) electrons. The van der Waals surface area contributed by atoms with Gasteiger partial charge in [0.05, 0.1) is 0 Å². The number of aromatic nitrogens is 4. The molecule has 1 saturated carbocycles. The van der Waals surface area contributed by atoms with E-state index in [9.17, 15) is 4.79 Å². The van der Waals surface area contributed by atoms with Gasteiger partial charge in [-0.05, 0) is 40.4 Å². The Hall–Kier alpha value is -2.54. The molecule has 7 heteroatoms. The molecule has 1 amide bonds. The van der Waals surface area contributed by atoms with Crippen LogP contribution >= 0.6 is 11.3 Å². The first-order chi connectivity index (χ1) is 11.8. The van der Waals surface area contributed by atoms with Gasteiger partial charge in [-0.25, -0.2) is 0 Å². The topological polar surface area (TPSA) is 63.9 Å². The van der Waals surface area contributed by atoms with Crippen molar-refractivity contribution in [2.45, 2.75) is 32.0 Å². The summed E-state index contributed by atoms with van der Waals surface area (Å²) in [6.07, 6.45) is 2.16. The van der Waals surface area contributed by atoms with Crippen LogP contribution in [0.4, 0.5) is 0 Å². The third-order valence-electron chi connectivity index (χ3n) is 4.00. The van der Waals surface area contributed by atoms with Gasteiger partial charge in [0, 0.05) is 18.2 Å². The fraction of sp³-hybridized carbons (Fsp3) is 0.294. The molecule has 0 N–H and O–H groups in total. The smallest absolute Gasteiger partial charge is 0.246 e. The maximum Gasteiger partial charge on any atom is 0.246 e. The molecular formula is C17H17N5OS. The first-order valence-corrected chi connectivity index (χ1v) is 8.87. The van der Waals surface area contributed by atoms with Gasteiger partial charge >= 0.3 is 0 Å². The van der Waals surface area contributed by atoms with E-state index in [0.717, 1.165) is 18.4 Å². The van der Waals surface area contributed by atoms with Crippen molar-refractivity contribution in [1.82, 2.24) is 25.1 Å². The lowest BCUT2D eigenvalue weighted by molar-refractivity contribution is -0.133. The lowest BCUT2D eigenvalue weighted by Gasteiger charge is -2.21. The first kappa shape index (κ1) is 15.0. The van der Waals surface area contributed by atoms with Crippen molar-refractivity contribution in [1.29, 1.82) is 0 Å². The van der Waals surface area contributed by atoms with Gasteiger partial charge in [-0.1, -0.05) is 30.3 Å². The monoisotopic (exact) mass is 339 g/mol. The Morgan fingerprint density at radius 1 is 1.25 bits per heavy atom. The van der Waals surface area contributed by atoms with Crippen LogP contribution in [-0.4, -0.2) is 37.1 Å². The molecule has 0 bridgehead atoms. The third kappa shape index (κ3) is 3.35. The van der Waals surface area contributed by atoms with Crippen LogP contribution in [0.3, 0.4) is 0 Å². The minimum absolute atomic E-state index is 0.0423. The number of carbonyl (C=O) groups excluding carboxylic acids is 1. The van der Waals surface area contributed by atoms with Crippen LogP contribution < -0.4 is 0 Å². The Morgan fingerprint density at radius 3 is 2.79 bits per heavy atom. The van der Waals surface area contributed by atoms with E-state index in [1.807, 2.05) is 40.6 Å². The molecule has 0 aliphatic heterocycles. The van der Waals surface area contributed by atoms with E-state index in [0.29, 0.717) is 18.4 Å². The summed E-state index contributed by atoms with van der Waals surface area (Å²) in [4.78, 5) is 16.0. The highest BCUT2D eigenvalue weighted by Crippen LogP contribution is 2.29. The van der Waals surface area contributed by atoms with Crippen LogP contribution in [0.15, 0.2) is 47.2 Å². The number of hydrogen-bond donors (Lipinski definition) is 0. The molecule has 122 valence electrons. The quantitative estimate of drug-likeness (QED) is 0.692. The molecule has 2 aromatic heterocycles. The highest BCUT2D eigenvalue weighted by molar-refractivity contribution is 7.07. The molecule has 4 rings (SSSR count). The summed E-state index contributed by atoms with van der Waals surface area (Å²) < 4.78 is 0. The van der Waals surface area contributed by atoms with E-state index >= 15 is 0 Å². The number of benzene rings is 1. The maximum absolute atomic E-state index is 12.7. The molecule has 1 fully saturated rings. The number of hydrogen-bond acceptors (Lipinski definition) is 5. The summed E-state index contributed by atoms with van der Waals surface area (Å²) in [5, 5.41) is 16.5. The average Bonchev–Trinajstić information content (AvgIpc) is 3.11. The van der Waals surface area contributed by atoms with E-state index < -0.39 is 0 Å². The van der Waals surface area contributed by atoms with Gasteiger partial charge in [-0.15, -0.1) is 10.2 Å². The molecule has 0 unspecified atom stereocenters. The second-order valence-electron chi connectivity index (χ2n) is 5.89. The molecule has 2 heterocycles. The van der Waals surface area contributed by atoms with Crippen LogP contribution in [0.1, 0.15) is 18.4 Å². The number of carbonyl (C=O) groups is 1. The number of thiophene rings is 1. The lowest BCUT2D eigenvalue weighted by Crippen LogP contribution is -2.35. The zero-order valence-corrected chi connectivity index (χ0v) is 13.9. The molecule has 0 saturated heterocycles. The minimum atomic E-state index is 0.0423. The zero-order chi connectivity index (χ0) is 16.4. The predicted octanol–water partition coefficient (Wildman–Crippen LogP) is 2.59. The Balaban J connectivity index is 1.46. The second-order valence-corrected chi connectivity index (χ2v) is 6.67. The molecular weight excluding hydrogens is 322 g/mol. The average molecular weight is 339 g/mol. The molecule has 0 atom stereocenters. The van der Waals surface area contributed by atoms with Gasteiger partial charge in [0.25, 0.3) is 0 Å². The summed E-state index contributed by atoms with van der Waals surface area (Å²) in [7, 11) is 0. The third-order valence-corrected chi connectivity index (χ3v) is 4.73. The van der Waals surface area contributed by atoms with E-state index in [4.69, 9.17) is 0 Å². The highest BCUT2D eigenvalue weighted by atomic mass is 32.1. The van der Waals surface area contributed by atoms with Crippen molar-refractivity contribution in [2.24, 2.45) is 0 Å². The van der Waals surface area contributed by atoms with Gasteiger partial charge in [0.1, 0.15) is 6.54 Å². The van der Waals surface area contributed by atoms with Crippen LogP contribution in [-0.2, 0) is 17.9 Å². The Bertz CT molecular complexity index is 811. The van der Waals surface area contributed by atoms with Gasteiger partial charge in [0.15, 0.2) is 0 Å². The minimum Gasteiger partial charge on any atom is -0.334 e. The van der Waals surface area contributed by atoms with Crippen molar-refractivity contribution in [3.8, 4) is 11.4 Å². The summed E-state index contributed by atoms with van der Waals surface area (Å²) in [5.74, 6) is 0.583. The van der Waals surface area contributed by atoms with Gasteiger partial charge in [0.2, 0.25) is 11.7 Å². The standard InChI is InChI=1S/C17H17N5OS/c23-16(21(15-6-7-15)10-13-8-9-24-12-13)11-22-19-17(18-20-22)14-4-2-1-3-5-14/h1-5,8-9,12,15H,6-7,10-11H2. The van der Waals surface area contributed by atoms with Crippen molar-refractivity contribution in [3.63, 3.8) is 0 Å². The molecule has 1 aliphatic carbocycles. The van der Waals surface area contributed by atoms with E-state index in [-0.39, 0.29) is 12.5 Å². The fourth-order valence-electron chi connectivity index (χ4n) is 2.61. The Morgan fingerprint density at radius 2 is 2.08 bits per heavy atom. The van der Waals surface area contributed by atoms with Crippen LogP contribution in [0.25, 0.3) is 11.4 Å². The fourth-order valence-corrected chi connectivity index (χ4v) is 3.27. The summed E-state index contributed by atoms with van der Waals surface area (Å²) >= 11 is 1.65. The number of amides is 1. The first-order valence-electron chi connectivity index (χ1n) is 7.93. The van der Waals surface area contributed by atoms with Gasteiger partial charge in [-0.2, -0.15) is 16.1 Å². The highest BCUT2D eigenvalue weighted by Gasteiger charge is 2.32. The summed E-state index contributed by atoms with van der Waals surface area (Å²) in [5.41, 5.74) is 2.07. The SMILES string of the molecule is O=C(Cn1nnc(-c2ccccc2)n1)N(Cc1ccsc1)C1CC1. The van der Waals surface area contributed by atoms with Crippen molar-refractivity contribution in [2.75, 3.05) is 0 Å². The predicted molar refractivity (Wildman–Crippen MR) is 91.1 cm³/mol. The van der Waals surface area contributed by atoms with E-state index in [1.54, 1.807) is 11.3 Å². The Kier molecular flexibility index (Phi) is 4.08. The lowest BCUT2D eigenvalue weighted by atomic mass is 10.2. The molecule has 3 aromatic rings. The molecule has 0 spiro atoms. The second kappa shape index (κ2) is 6.52. The van der Waals surface area contributed by atoms with Crippen molar-refractivity contribution >= 4 is 17.2 Å². The van der Waals surface area contributed by atoms with Crippen LogP contribution in [0.2, 0.25) is 0 Å². The van der Waals surface area contributed by atoms with E-state index in [2.05, 4.69) is 26.9 Å². The maximum atomic E-state index is 12.7. The van der Waals surface area contributed by atoms with Crippen molar-refractivity contribution < 1.29 is 4.79 Å². The Labute approximate surface area is 143 Å².